The van der Waals surface area contributed by atoms with E-state index in [2.05, 4.69) is 21.2 Å². The van der Waals surface area contributed by atoms with Crippen molar-refractivity contribution in [2.45, 2.75) is 19.0 Å². The quantitative estimate of drug-likeness (QED) is 0.595. The number of hydrogen-bond acceptors (Lipinski definition) is 4. The Morgan fingerprint density at radius 1 is 1.40 bits per heavy atom. The maximum atomic E-state index is 5.87. The summed E-state index contributed by atoms with van der Waals surface area (Å²) >= 11 is 1.47. The van der Waals surface area contributed by atoms with Crippen LogP contribution in [0.15, 0.2) is 11.2 Å². The highest BCUT2D eigenvalue weighted by molar-refractivity contribution is 7.98. The molecule has 0 saturated heterocycles. The van der Waals surface area contributed by atoms with Gasteiger partial charge in [0.25, 0.3) is 0 Å². The third-order valence-corrected chi connectivity index (χ3v) is 2.86. The monoisotopic (exact) mass is 223 g/mol. The second kappa shape index (κ2) is 3.62. The zero-order chi connectivity index (χ0) is 11.0. The van der Waals surface area contributed by atoms with Crippen LogP contribution in [0.4, 0.5) is 0 Å². The number of rotatable bonds is 2. The van der Waals surface area contributed by atoms with E-state index in [4.69, 9.17) is 5.84 Å². The summed E-state index contributed by atoms with van der Waals surface area (Å²) in [5.74, 6) is 6.55. The summed E-state index contributed by atoms with van der Waals surface area (Å²) in [5.41, 5.74) is 3.15. The third-order valence-electron chi connectivity index (χ3n) is 2.22. The Bertz CT molecular complexity index is 485. The number of nitrogens with one attached hydrogen (secondary N) is 1. The summed E-state index contributed by atoms with van der Waals surface area (Å²) in [6.45, 7) is 4.02. The summed E-state index contributed by atoms with van der Waals surface area (Å²) < 4.78 is 1.50. The standard InChI is InChI=1S/C9H13N5S/c1-5-4-6(2)11-7(5)8-12-13-9(15-3)14(8)10/h4,11H,10H2,1-3H3. The number of aromatic amines is 1. The molecule has 0 amide bonds. The molecular formula is C9H13N5S. The molecule has 15 heavy (non-hydrogen) atoms. The van der Waals surface area contributed by atoms with Crippen molar-refractivity contribution in [1.82, 2.24) is 19.9 Å². The van der Waals surface area contributed by atoms with Crippen LogP contribution in [0.5, 0.6) is 0 Å². The van der Waals surface area contributed by atoms with Gasteiger partial charge in [0.2, 0.25) is 5.16 Å². The van der Waals surface area contributed by atoms with E-state index < -0.39 is 0 Å². The van der Waals surface area contributed by atoms with Crippen LogP contribution in [0.1, 0.15) is 11.3 Å². The highest BCUT2D eigenvalue weighted by atomic mass is 32.2. The summed E-state index contributed by atoms with van der Waals surface area (Å²) in [6, 6.07) is 2.06. The second-order valence-electron chi connectivity index (χ2n) is 3.39. The van der Waals surface area contributed by atoms with Crippen LogP contribution >= 0.6 is 11.8 Å². The molecule has 6 heteroatoms. The van der Waals surface area contributed by atoms with Crippen LogP contribution in [0.3, 0.4) is 0 Å². The van der Waals surface area contributed by atoms with Gasteiger partial charge in [-0.05, 0) is 31.7 Å². The fraction of sp³-hybridized carbons (Fsp3) is 0.333. The highest BCUT2D eigenvalue weighted by Gasteiger charge is 2.14. The van der Waals surface area contributed by atoms with Crippen molar-refractivity contribution in [1.29, 1.82) is 0 Å². The molecule has 0 aliphatic carbocycles. The average molecular weight is 223 g/mol. The molecule has 0 aliphatic heterocycles. The molecule has 2 rings (SSSR count). The number of nitrogens with two attached hydrogens (primary N) is 1. The molecule has 0 spiro atoms. The van der Waals surface area contributed by atoms with Crippen LogP contribution in [-0.4, -0.2) is 26.1 Å². The maximum absolute atomic E-state index is 5.87. The lowest BCUT2D eigenvalue weighted by Crippen LogP contribution is -2.11. The van der Waals surface area contributed by atoms with E-state index in [9.17, 15) is 0 Å². The molecule has 3 N–H and O–H groups in total. The normalized spacial score (nSPS) is 10.9. The van der Waals surface area contributed by atoms with Crippen LogP contribution in [0.2, 0.25) is 0 Å². The molecule has 2 aromatic rings. The number of nitrogen functional groups attached to an aromatic ring is 1. The van der Waals surface area contributed by atoms with Gasteiger partial charge in [-0.3, -0.25) is 0 Å². The lowest BCUT2D eigenvalue weighted by Gasteiger charge is -2.00. The van der Waals surface area contributed by atoms with Crippen molar-refractivity contribution in [2.24, 2.45) is 0 Å². The minimum Gasteiger partial charge on any atom is -0.356 e. The van der Waals surface area contributed by atoms with Crippen LogP contribution < -0.4 is 5.84 Å². The first-order chi connectivity index (χ1) is 7.13. The van der Waals surface area contributed by atoms with Gasteiger partial charge in [0.1, 0.15) is 0 Å². The molecule has 0 atom stereocenters. The molecule has 0 saturated carbocycles. The van der Waals surface area contributed by atoms with Gasteiger partial charge >= 0.3 is 0 Å². The van der Waals surface area contributed by atoms with Gasteiger partial charge in [-0.15, -0.1) is 10.2 Å². The smallest absolute Gasteiger partial charge is 0.209 e. The van der Waals surface area contributed by atoms with Gasteiger partial charge in [-0.2, -0.15) is 0 Å². The van der Waals surface area contributed by atoms with E-state index in [0.717, 1.165) is 17.0 Å². The Kier molecular flexibility index (Phi) is 2.44. The number of hydrogen-bond donors (Lipinski definition) is 2. The van der Waals surface area contributed by atoms with E-state index in [1.807, 2.05) is 20.1 Å². The molecule has 5 nitrogen and oxygen atoms in total. The molecule has 0 fully saturated rings. The summed E-state index contributed by atoms with van der Waals surface area (Å²) in [7, 11) is 0. The third kappa shape index (κ3) is 1.61. The first kappa shape index (κ1) is 10.1. The Labute approximate surface area is 92.1 Å². The van der Waals surface area contributed by atoms with Crippen LogP contribution in [0.25, 0.3) is 11.5 Å². The predicted molar refractivity (Wildman–Crippen MR) is 61.2 cm³/mol. The number of H-pyrrole nitrogens is 1. The Morgan fingerprint density at radius 3 is 2.60 bits per heavy atom. The fourth-order valence-corrected chi connectivity index (χ4v) is 1.95. The van der Waals surface area contributed by atoms with Gasteiger partial charge in [0.15, 0.2) is 5.82 Å². The molecular weight excluding hydrogens is 210 g/mol. The minimum absolute atomic E-state index is 0.671. The predicted octanol–water partition coefficient (Wildman–Crippen LogP) is 1.33. The van der Waals surface area contributed by atoms with Crippen molar-refractivity contribution >= 4 is 11.8 Å². The van der Waals surface area contributed by atoms with Gasteiger partial charge in [0, 0.05) is 5.69 Å². The average Bonchev–Trinajstić information content (AvgIpc) is 2.69. The topological polar surface area (TPSA) is 72.5 Å². The SMILES string of the molecule is CSc1nnc(-c2[nH]c(C)cc2C)n1N. The van der Waals surface area contributed by atoms with Crippen molar-refractivity contribution in [3.8, 4) is 11.5 Å². The van der Waals surface area contributed by atoms with Crippen molar-refractivity contribution in [3.63, 3.8) is 0 Å². The first-order valence-corrected chi connectivity index (χ1v) is 5.77. The maximum Gasteiger partial charge on any atom is 0.209 e. The summed E-state index contributed by atoms with van der Waals surface area (Å²) in [5, 5.41) is 8.76. The molecule has 0 unspecified atom stereocenters. The van der Waals surface area contributed by atoms with Crippen molar-refractivity contribution < 1.29 is 0 Å². The molecule has 0 bridgehead atoms. The number of aryl methyl sites for hydroxylation is 2. The van der Waals surface area contributed by atoms with Crippen molar-refractivity contribution in [3.05, 3.63) is 17.3 Å². The Hall–Kier alpha value is -1.43. The van der Waals surface area contributed by atoms with E-state index in [0.29, 0.717) is 11.0 Å². The molecule has 0 aliphatic rings. The largest absolute Gasteiger partial charge is 0.356 e. The van der Waals surface area contributed by atoms with Crippen LogP contribution in [-0.2, 0) is 0 Å². The zero-order valence-corrected chi connectivity index (χ0v) is 9.72. The molecule has 2 heterocycles. The van der Waals surface area contributed by atoms with Gasteiger partial charge < -0.3 is 10.8 Å². The molecule has 2 aromatic heterocycles. The van der Waals surface area contributed by atoms with Gasteiger partial charge in [-0.25, -0.2) is 4.68 Å². The van der Waals surface area contributed by atoms with E-state index in [-0.39, 0.29) is 0 Å². The van der Waals surface area contributed by atoms with Gasteiger partial charge in [-0.1, -0.05) is 11.8 Å². The lowest BCUT2D eigenvalue weighted by atomic mass is 10.2. The number of nitrogens with zero attached hydrogens (tertiary/aromatic N) is 3. The summed E-state index contributed by atoms with van der Waals surface area (Å²) in [4.78, 5) is 3.23. The lowest BCUT2D eigenvalue weighted by molar-refractivity contribution is 0.850. The van der Waals surface area contributed by atoms with E-state index >= 15 is 0 Å². The zero-order valence-electron chi connectivity index (χ0n) is 8.90. The molecule has 0 aromatic carbocycles. The number of thioether (sulfide) groups is 1. The molecule has 0 radical (unpaired) electrons. The second-order valence-corrected chi connectivity index (χ2v) is 4.16. The van der Waals surface area contributed by atoms with E-state index in [1.54, 1.807) is 0 Å². The Balaban J connectivity index is 2.54. The van der Waals surface area contributed by atoms with E-state index in [1.165, 1.54) is 16.4 Å². The summed E-state index contributed by atoms with van der Waals surface area (Å²) in [6.07, 6.45) is 1.92. The Morgan fingerprint density at radius 2 is 2.13 bits per heavy atom. The van der Waals surface area contributed by atoms with Crippen molar-refractivity contribution in [2.75, 3.05) is 12.1 Å². The number of aromatic nitrogens is 4. The van der Waals surface area contributed by atoms with Crippen LogP contribution in [0, 0.1) is 13.8 Å². The molecule has 80 valence electrons. The minimum atomic E-state index is 0.671. The first-order valence-electron chi connectivity index (χ1n) is 4.54. The van der Waals surface area contributed by atoms with Gasteiger partial charge in [0.05, 0.1) is 5.69 Å². The fourth-order valence-electron chi connectivity index (χ4n) is 1.55. The highest BCUT2D eigenvalue weighted by Crippen LogP contribution is 2.22.